The van der Waals surface area contributed by atoms with E-state index in [0.717, 1.165) is 11.3 Å². The number of nitrogens with zero attached hydrogens (tertiary/aromatic N) is 7. The molecule has 14 nitrogen and oxygen atoms in total. The second-order valence-corrected chi connectivity index (χ2v) is 10.6. The number of amides is 1. The van der Waals surface area contributed by atoms with Gasteiger partial charge in [0.2, 0.25) is 0 Å². The molecule has 0 bridgehead atoms. The molecule has 4 aromatic heterocycles. The van der Waals surface area contributed by atoms with Crippen LogP contribution in [0.4, 0.5) is 5.69 Å². The predicted octanol–water partition coefficient (Wildman–Crippen LogP) is 2.17. The van der Waals surface area contributed by atoms with E-state index in [4.69, 9.17) is 19.3 Å². The molecule has 2 N–H and O–H groups in total. The maximum Gasteiger partial charge on any atom is 0.311 e. The van der Waals surface area contributed by atoms with Gasteiger partial charge in [0, 0.05) is 63.4 Å². The number of benzene rings is 1. The van der Waals surface area contributed by atoms with Crippen LogP contribution in [-0.2, 0) is 9.53 Å². The van der Waals surface area contributed by atoms with Crippen LogP contribution in [0, 0.1) is 5.92 Å². The molecular formula is C30H31N9O5. The van der Waals surface area contributed by atoms with Crippen LogP contribution >= 0.6 is 0 Å². The average molecular weight is 598 g/mol. The van der Waals surface area contributed by atoms with Gasteiger partial charge in [-0.15, -0.1) is 0 Å². The highest BCUT2D eigenvalue weighted by Crippen LogP contribution is 2.38. The van der Waals surface area contributed by atoms with E-state index in [-0.39, 0.29) is 23.5 Å². The number of aromatic nitrogens is 6. The van der Waals surface area contributed by atoms with Crippen LogP contribution in [0.25, 0.3) is 33.5 Å². The van der Waals surface area contributed by atoms with E-state index in [0.29, 0.717) is 85.4 Å². The molecule has 6 heterocycles. The highest BCUT2D eigenvalue weighted by Gasteiger charge is 2.33. The number of nitrogens with one attached hydrogen (secondary N) is 2. The Kier molecular flexibility index (Phi) is 7.18. The molecule has 0 aliphatic carbocycles. The van der Waals surface area contributed by atoms with Crippen molar-refractivity contribution in [2.24, 2.45) is 5.92 Å². The van der Waals surface area contributed by atoms with Crippen LogP contribution in [0.3, 0.4) is 0 Å². The summed E-state index contributed by atoms with van der Waals surface area (Å²) in [7, 11) is 1.59. The van der Waals surface area contributed by atoms with Crippen LogP contribution in [0.5, 0.6) is 11.5 Å². The molecule has 44 heavy (non-hydrogen) atoms. The molecule has 5 aromatic rings. The van der Waals surface area contributed by atoms with Gasteiger partial charge >= 0.3 is 5.97 Å². The first-order valence-electron chi connectivity index (χ1n) is 14.5. The average Bonchev–Trinajstić information content (AvgIpc) is 3.63. The monoisotopic (exact) mass is 597 g/mol. The fourth-order valence-corrected chi connectivity index (χ4v) is 5.57. The number of esters is 1. The fraction of sp³-hybridized carbons (Fsp3) is 0.333. The second-order valence-electron chi connectivity index (χ2n) is 10.6. The second kappa shape index (κ2) is 11.4. The van der Waals surface area contributed by atoms with Crippen molar-refractivity contribution < 1.29 is 23.8 Å². The quantitative estimate of drug-likeness (QED) is 0.241. The summed E-state index contributed by atoms with van der Waals surface area (Å²) in [6.45, 7) is 5.62. The standard InChI is InChI=1S/C30H31N9O5/c1-3-43-30(41)18-16-37(17-18)9-6-33-29(40)27-20-14-34-21(19-15-35-38-8-4-5-32-28(19)38)11-23(20)39(36-27)24-13-25-22(12-26(24)42-2)31-7-10-44-25/h4-5,8,11-15,18,31H,3,6-7,9-10,16-17H2,1-2H3,(H,33,40). The summed E-state index contributed by atoms with van der Waals surface area (Å²) in [5.74, 6) is 0.606. The van der Waals surface area contributed by atoms with Crippen molar-refractivity contribution in [1.29, 1.82) is 0 Å². The van der Waals surface area contributed by atoms with Crippen molar-refractivity contribution in [3.8, 4) is 28.4 Å². The molecule has 1 saturated heterocycles. The molecular weight excluding hydrogens is 566 g/mol. The van der Waals surface area contributed by atoms with Gasteiger partial charge in [-0.1, -0.05) is 0 Å². The number of carbonyl (C=O) groups is 2. The zero-order chi connectivity index (χ0) is 30.2. The lowest BCUT2D eigenvalue weighted by Crippen LogP contribution is -2.52. The maximum atomic E-state index is 13.5. The SMILES string of the molecule is CCOC(=O)C1CN(CCNC(=O)c2nn(-c3cc4c(cc3OC)NCCO4)c3cc(-c4cnn5cccnc45)ncc23)C1. The number of hydrogen-bond acceptors (Lipinski definition) is 11. The third-order valence-corrected chi connectivity index (χ3v) is 7.81. The van der Waals surface area contributed by atoms with Gasteiger partial charge in [0.1, 0.15) is 23.8 Å². The Morgan fingerprint density at radius 3 is 2.91 bits per heavy atom. The van der Waals surface area contributed by atoms with Gasteiger partial charge in [-0.3, -0.25) is 19.5 Å². The Morgan fingerprint density at radius 2 is 2.07 bits per heavy atom. The first-order chi connectivity index (χ1) is 21.5. The summed E-state index contributed by atoms with van der Waals surface area (Å²) >= 11 is 0. The highest BCUT2D eigenvalue weighted by atomic mass is 16.5. The molecule has 1 aromatic carbocycles. The van der Waals surface area contributed by atoms with Crippen molar-refractivity contribution in [1.82, 2.24) is 39.6 Å². The van der Waals surface area contributed by atoms with Crippen molar-refractivity contribution in [3.05, 3.63) is 54.7 Å². The topological polar surface area (TPSA) is 150 Å². The minimum Gasteiger partial charge on any atom is -0.494 e. The Hall–Kier alpha value is -5.24. The van der Waals surface area contributed by atoms with Crippen LogP contribution in [-0.4, -0.2) is 99.2 Å². The van der Waals surface area contributed by atoms with E-state index in [1.165, 1.54) is 0 Å². The van der Waals surface area contributed by atoms with Crippen LogP contribution in [0.2, 0.25) is 0 Å². The summed E-state index contributed by atoms with van der Waals surface area (Å²) in [5, 5.41) is 16.1. The molecule has 0 unspecified atom stereocenters. The third kappa shape index (κ3) is 4.92. The number of fused-ring (bicyclic) bond motifs is 3. The van der Waals surface area contributed by atoms with E-state index in [2.05, 4.69) is 30.6 Å². The van der Waals surface area contributed by atoms with Gasteiger partial charge in [0.05, 0.1) is 53.7 Å². The van der Waals surface area contributed by atoms with Gasteiger partial charge in [-0.25, -0.2) is 14.2 Å². The van der Waals surface area contributed by atoms with Gasteiger partial charge in [-0.2, -0.15) is 10.2 Å². The van der Waals surface area contributed by atoms with E-state index in [1.54, 1.807) is 47.9 Å². The van der Waals surface area contributed by atoms with E-state index >= 15 is 0 Å². The zero-order valence-corrected chi connectivity index (χ0v) is 24.3. The van der Waals surface area contributed by atoms with Gasteiger partial charge < -0.3 is 24.8 Å². The van der Waals surface area contributed by atoms with Crippen molar-refractivity contribution >= 4 is 34.1 Å². The molecule has 0 saturated carbocycles. The molecule has 0 atom stereocenters. The summed E-state index contributed by atoms with van der Waals surface area (Å²) in [5.41, 5.74) is 4.34. The number of anilines is 1. The largest absolute Gasteiger partial charge is 0.494 e. The van der Waals surface area contributed by atoms with Crippen LogP contribution in [0.15, 0.2) is 49.1 Å². The minimum atomic E-state index is -0.335. The zero-order valence-electron chi connectivity index (χ0n) is 24.3. The number of methoxy groups -OCH3 is 1. The normalized spacial score (nSPS) is 14.9. The minimum absolute atomic E-state index is 0.111. The molecule has 226 valence electrons. The van der Waals surface area contributed by atoms with Crippen LogP contribution < -0.4 is 20.1 Å². The smallest absolute Gasteiger partial charge is 0.311 e. The molecule has 7 rings (SSSR count). The Bertz CT molecular complexity index is 1880. The third-order valence-electron chi connectivity index (χ3n) is 7.81. The molecule has 0 spiro atoms. The number of carbonyl (C=O) groups excluding carboxylic acids is 2. The van der Waals surface area contributed by atoms with E-state index < -0.39 is 0 Å². The first-order valence-corrected chi connectivity index (χ1v) is 14.5. The van der Waals surface area contributed by atoms with E-state index in [9.17, 15) is 9.59 Å². The van der Waals surface area contributed by atoms with Crippen molar-refractivity contribution in [3.63, 3.8) is 0 Å². The van der Waals surface area contributed by atoms with Gasteiger partial charge in [-0.05, 0) is 19.1 Å². The number of hydrogen-bond donors (Lipinski definition) is 2. The molecule has 1 amide bonds. The van der Waals surface area contributed by atoms with E-state index in [1.807, 2.05) is 24.4 Å². The Morgan fingerprint density at radius 1 is 1.18 bits per heavy atom. The van der Waals surface area contributed by atoms with Gasteiger partial charge in [0.15, 0.2) is 11.3 Å². The number of pyridine rings is 1. The number of likely N-dealkylation sites (tertiary alicyclic amines) is 1. The molecule has 2 aliphatic rings. The lowest BCUT2D eigenvalue weighted by molar-refractivity contribution is -0.153. The maximum absolute atomic E-state index is 13.5. The summed E-state index contributed by atoms with van der Waals surface area (Å²) in [4.78, 5) is 36.7. The molecule has 14 heteroatoms. The first kappa shape index (κ1) is 27.6. The molecule has 1 fully saturated rings. The lowest BCUT2D eigenvalue weighted by atomic mass is 10.0. The lowest BCUT2D eigenvalue weighted by Gasteiger charge is -2.37. The number of ether oxygens (including phenoxy) is 3. The molecule has 0 radical (unpaired) electrons. The fourth-order valence-electron chi connectivity index (χ4n) is 5.57. The Balaban J connectivity index is 1.22. The van der Waals surface area contributed by atoms with Gasteiger partial charge in [0.25, 0.3) is 5.91 Å². The summed E-state index contributed by atoms with van der Waals surface area (Å²) in [6, 6.07) is 7.40. The van der Waals surface area contributed by atoms with Crippen LogP contribution in [0.1, 0.15) is 17.4 Å². The Labute approximate surface area is 251 Å². The summed E-state index contributed by atoms with van der Waals surface area (Å²) < 4.78 is 20.1. The summed E-state index contributed by atoms with van der Waals surface area (Å²) in [6.07, 6.45) is 6.89. The van der Waals surface area contributed by atoms with Crippen molar-refractivity contribution in [2.45, 2.75) is 6.92 Å². The molecule has 2 aliphatic heterocycles. The highest BCUT2D eigenvalue weighted by molar-refractivity contribution is 6.05. The van der Waals surface area contributed by atoms with Crippen molar-refractivity contribution in [2.75, 3.05) is 58.4 Å². The predicted molar refractivity (Wildman–Crippen MR) is 160 cm³/mol. The number of rotatable bonds is 9.